The topological polar surface area (TPSA) is 70.2 Å². The number of hydrogen-bond donors (Lipinski definition) is 3. The number of anilines is 1. The summed E-state index contributed by atoms with van der Waals surface area (Å²) in [5, 5.41) is 9.31. The Balaban J connectivity index is 1.70. The minimum Gasteiger partial charge on any atom is -0.343 e. The van der Waals surface area contributed by atoms with Gasteiger partial charge in [0.05, 0.1) is 6.04 Å². The Kier molecular flexibility index (Phi) is 6.70. The van der Waals surface area contributed by atoms with Gasteiger partial charge < -0.3 is 16.0 Å². The smallest absolute Gasteiger partial charge is 0.247 e. The van der Waals surface area contributed by atoms with Crippen LogP contribution in [0.3, 0.4) is 0 Å². The monoisotopic (exact) mass is 393 g/mol. The van der Waals surface area contributed by atoms with Gasteiger partial charge in [0.1, 0.15) is 6.04 Å². The van der Waals surface area contributed by atoms with Crippen molar-refractivity contribution in [3.05, 3.63) is 64.7 Å². The molecule has 0 bridgehead atoms. The van der Waals surface area contributed by atoms with Crippen molar-refractivity contribution >= 4 is 17.5 Å². The van der Waals surface area contributed by atoms with Crippen LogP contribution < -0.4 is 16.0 Å². The molecule has 0 spiro atoms. The Morgan fingerprint density at radius 2 is 1.86 bits per heavy atom. The summed E-state index contributed by atoms with van der Waals surface area (Å²) in [6.07, 6.45) is 1.43. The number of nitrogens with one attached hydrogen (secondary N) is 3. The second-order valence-electron chi connectivity index (χ2n) is 8.09. The summed E-state index contributed by atoms with van der Waals surface area (Å²) in [7, 11) is 0. The number of benzene rings is 2. The van der Waals surface area contributed by atoms with E-state index >= 15 is 0 Å². The largest absolute Gasteiger partial charge is 0.343 e. The number of aryl methyl sites for hydroxylation is 2. The SMILES string of the molecule is CCC(C)C(NC(=O)C1Cc2ccccc2CN1)C(=O)Nc1ccc(C)cc1C. The van der Waals surface area contributed by atoms with Crippen LogP contribution in [0.5, 0.6) is 0 Å². The Hall–Kier alpha value is -2.66. The van der Waals surface area contributed by atoms with E-state index in [4.69, 9.17) is 0 Å². The molecule has 2 aromatic rings. The molecule has 3 rings (SSSR count). The highest BCUT2D eigenvalue weighted by atomic mass is 16.2. The molecule has 29 heavy (non-hydrogen) atoms. The van der Waals surface area contributed by atoms with E-state index in [0.29, 0.717) is 13.0 Å². The van der Waals surface area contributed by atoms with Crippen molar-refractivity contribution in [2.45, 2.75) is 59.2 Å². The third-order valence-corrected chi connectivity index (χ3v) is 5.83. The summed E-state index contributed by atoms with van der Waals surface area (Å²) in [5.74, 6) is -0.267. The molecular weight excluding hydrogens is 362 g/mol. The van der Waals surface area contributed by atoms with Crippen molar-refractivity contribution < 1.29 is 9.59 Å². The molecule has 0 aromatic heterocycles. The van der Waals surface area contributed by atoms with E-state index < -0.39 is 6.04 Å². The number of fused-ring (bicyclic) bond motifs is 1. The highest BCUT2D eigenvalue weighted by molar-refractivity contribution is 5.98. The molecule has 5 nitrogen and oxygen atoms in total. The molecule has 3 atom stereocenters. The van der Waals surface area contributed by atoms with Crippen molar-refractivity contribution in [3.63, 3.8) is 0 Å². The van der Waals surface area contributed by atoms with E-state index in [1.165, 1.54) is 11.1 Å². The Morgan fingerprint density at radius 3 is 2.55 bits per heavy atom. The van der Waals surface area contributed by atoms with E-state index in [-0.39, 0.29) is 23.8 Å². The van der Waals surface area contributed by atoms with Crippen molar-refractivity contribution in [2.24, 2.45) is 5.92 Å². The normalized spacial score (nSPS) is 17.7. The first kappa shape index (κ1) is 21.1. The molecule has 2 aromatic carbocycles. The highest BCUT2D eigenvalue weighted by Crippen LogP contribution is 2.19. The molecule has 0 saturated heterocycles. The van der Waals surface area contributed by atoms with Crippen LogP contribution >= 0.6 is 0 Å². The second-order valence-corrected chi connectivity index (χ2v) is 8.09. The van der Waals surface area contributed by atoms with Crippen LogP contribution in [0.1, 0.15) is 42.5 Å². The van der Waals surface area contributed by atoms with E-state index in [0.717, 1.165) is 23.2 Å². The molecule has 2 amide bonds. The lowest BCUT2D eigenvalue weighted by Gasteiger charge is -2.29. The van der Waals surface area contributed by atoms with Gasteiger partial charge in [-0.3, -0.25) is 9.59 Å². The number of hydrogen-bond acceptors (Lipinski definition) is 3. The number of carbonyl (C=O) groups excluding carboxylic acids is 2. The average molecular weight is 394 g/mol. The first-order chi connectivity index (χ1) is 13.9. The van der Waals surface area contributed by atoms with Gasteiger partial charge in [0.25, 0.3) is 0 Å². The van der Waals surface area contributed by atoms with Crippen molar-refractivity contribution in [2.75, 3.05) is 5.32 Å². The maximum absolute atomic E-state index is 13.0. The molecular formula is C24H31N3O2. The maximum atomic E-state index is 13.0. The summed E-state index contributed by atoms with van der Waals surface area (Å²) < 4.78 is 0. The fourth-order valence-electron chi connectivity index (χ4n) is 3.76. The summed E-state index contributed by atoms with van der Waals surface area (Å²) in [4.78, 5) is 26.0. The quantitative estimate of drug-likeness (QED) is 0.704. The van der Waals surface area contributed by atoms with Gasteiger partial charge in [0.15, 0.2) is 0 Å². The highest BCUT2D eigenvalue weighted by Gasteiger charge is 2.30. The summed E-state index contributed by atoms with van der Waals surface area (Å²) in [5.41, 5.74) is 5.36. The van der Waals surface area contributed by atoms with Gasteiger partial charge >= 0.3 is 0 Å². The van der Waals surface area contributed by atoms with Crippen LogP contribution in [0.2, 0.25) is 0 Å². The van der Waals surface area contributed by atoms with Crippen molar-refractivity contribution in [1.82, 2.24) is 10.6 Å². The van der Waals surface area contributed by atoms with Crippen LogP contribution in [-0.4, -0.2) is 23.9 Å². The Bertz CT molecular complexity index is 893. The molecule has 0 radical (unpaired) electrons. The zero-order valence-corrected chi connectivity index (χ0v) is 17.7. The maximum Gasteiger partial charge on any atom is 0.247 e. The molecule has 1 aliphatic heterocycles. The standard InChI is InChI=1S/C24H31N3O2/c1-5-16(3)22(24(29)26-20-11-10-15(2)12-17(20)4)27-23(28)21-13-18-8-6-7-9-19(18)14-25-21/h6-12,16,21-22,25H,5,13-14H2,1-4H3,(H,26,29)(H,27,28). The summed E-state index contributed by atoms with van der Waals surface area (Å²) in [6, 6.07) is 13.2. The summed E-state index contributed by atoms with van der Waals surface area (Å²) in [6.45, 7) is 8.69. The van der Waals surface area contributed by atoms with Crippen LogP contribution in [-0.2, 0) is 22.6 Å². The summed E-state index contributed by atoms with van der Waals surface area (Å²) >= 11 is 0. The first-order valence-electron chi connectivity index (χ1n) is 10.4. The van der Waals surface area contributed by atoms with Gasteiger partial charge in [-0.1, -0.05) is 62.2 Å². The fourth-order valence-corrected chi connectivity index (χ4v) is 3.76. The predicted octanol–water partition coefficient (Wildman–Crippen LogP) is 3.49. The lowest BCUT2D eigenvalue weighted by molar-refractivity contribution is -0.129. The molecule has 3 N–H and O–H groups in total. The van der Waals surface area contributed by atoms with Gasteiger partial charge in [-0.2, -0.15) is 0 Å². The predicted molar refractivity (Wildman–Crippen MR) is 117 cm³/mol. The van der Waals surface area contributed by atoms with Crippen LogP contribution in [0.4, 0.5) is 5.69 Å². The van der Waals surface area contributed by atoms with E-state index in [2.05, 4.69) is 28.1 Å². The molecule has 154 valence electrons. The average Bonchev–Trinajstić information content (AvgIpc) is 2.72. The van der Waals surface area contributed by atoms with Crippen molar-refractivity contribution in [3.8, 4) is 0 Å². The zero-order chi connectivity index (χ0) is 21.0. The number of carbonyl (C=O) groups is 2. The Labute approximate surface area is 173 Å². The second kappa shape index (κ2) is 9.23. The lowest BCUT2D eigenvalue weighted by atomic mass is 9.94. The fraction of sp³-hybridized carbons (Fsp3) is 0.417. The van der Waals surface area contributed by atoms with E-state index in [1.807, 2.05) is 58.0 Å². The molecule has 0 saturated carbocycles. The van der Waals surface area contributed by atoms with Gasteiger partial charge in [-0.05, 0) is 48.9 Å². The minimum atomic E-state index is -0.577. The van der Waals surface area contributed by atoms with Gasteiger partial charge in [-0.25, -0.2) is 0 Å². The minimum absolute atomic E-state index is 0.0283. The van der Waals surface area contributed by atoms with Crippen LogP contribution in [0, 0.1) is 19.8 Å². The van der Waals surface area contributed by atoms with E-state index in [9.17, 15) is 9.59 Å². The molecule has 1 aliphatic rings. The van der Waals surface area contributed by atoms with Gasteiger partial charge in [0.2, 0.25) is 11.8 Å². The zero-order valence-electron chi connectivity index (χ0n) is 17.7. The number of rotatable bonds is 6. The van der Waals surface area contributed by atoms with Crippen molar-refractivity contribution in [1.29, 1.82) is 0 Å². The number of amides is 2. The van der Waals surface area contributed by atoms with Crippen LogP contribution in [0.25, 0.3) is 0 Å². The van der Waals surface area contributed by atoms with Gasteiger partial charge in [-0.15, -0.1) is 0 Å². The van der Waals surface area contributed by atoms with Crippen LogP contribution in [0.15, 0.2) is 42.5 Å². The third kappa shape index (κ3) is 5.04. The molecule has 3 unspecified atom stereocenters. The van der Waals surface area contributed by atoms with Gasteiger partial charge in [0, 0.05) is 12.2 Å². The molecule has 0 aliphatic carbocycles. The lowest BCUT2D eigenvalue weighted by Crippen LogP contribution is -2.55. The molecule has 5 heteroatoms. The van der Waals surface area contributed by atoms with E-state index in [1.54, 1.807) is 0 Å². The first-order valence-corrected chi connectivity index (χ1v) is 10.4. The molecule has 1 heterocycles. The Morgan fingerprint density at radius 1 is 1.14 bits per heavy atom. The molecule has 0 fully saturated rings. The third-order valence-electron chi connectivity index (χ3n) is 5.83.